The average molecular weight is 355 g/mol. The number of alkyl halides is 1. The molecule has 6 nitrogen and oxygen atoms in total. The third kappa shape index (κ3) is 4.12. The van der Waals surface area contributed by atoms with Crippen LogP contribution in [0.2, 0.25) is 0 Å². The van der Waals surface area contributed by atoms with E-state index in [9.17, 15) is 9.18 Å². The Kier molecular flexibility index (Phi) is 5.47. The van der Waals surface area contributed by atoms with E-state index in [0.29, 0.717) is 5.47 Å². The van der Waals surface area contributed by atoms with E-state index in [2.05, 4.69) is 4.99 Å². The highest BCUT2D eigenvalue weighted by atomic mass is 19.1. The highest BCUT2D eigenvalue weighted by Gasteiger charge is 2.52. The molecule has 0 N–H and O–H groups in total. The Labute approximate surface area is 148 Å². The van der Waals surface area contributed by atoms with Crippen LogP contribution in [0.5, 0.6) is 0 Å². The van der Waals surface area contributed by atoms with Crippen LogP contribution in [0.4, 0.5) is 4.39 Å². The number of aliphatic imine (C=N–C) groups is 1. The number of hydrogen-bond donors (Lipinski definition) is 0. The molecular formula is C17H27BFNO5. The van der Waals surface area contributed by atoms with Crippen molar-refractivity contribution < 1.29 is 28.0 Å². The summed E-state index contributed by atoms with van der Waals surface area (Å²) in [5.74, 6) is -0.420. The third-order valence-electron chi connectivity index (χ3n) is 4.87. The average Bonchev–Trinajstić information content (AvgIpc) is 2.73. The standard InChI is InChI=1S/C17H27BFNO5/c1-15(2,14(21)22-7)10-23-13-12(19)8-11(9-20-13)18-24-16(3,4)17(5,6)25-18/h8-9,12-13H,10H2,1-7H3. The first-order valence-corrected chi connectivity index (χ1v) is 8.34. The van der Waals surface area contributed by atoms with Gasteiger partial charge in [-0.05, 0) is 53.1 Å². The minimum Gasteiger partial charge on any atom is -0.469 e. The summed E-state index contributed by atoms with van der Waals surface area (Å²) < 4.78 is 36.4. The van der Waals surface area contributed by atoms with Gasteiger partial charge in [0.2, 0.25) is 0 Å². The molecule has 0 spiro atoms. The highest BCUT2D eigenvalue weighted by Crippen LogP contribution is 2.38. The molecule has 25 heavy (non-hydrogen) atoms. The number of nitrogens with zero attached hydrogens (tertiary/aromatic N) is 1. The largest absolute Gasteiger partial charge is 0.496 e. The quantitative estimate of drug-likeness (QED) is 0.560. The van der Waals surface area contributed by atoms with Crippen LogP contribution in [0.15, 0.2) is 16.5 Å². The monoisotopic (exact) mass is 355 g/mol. The molecule has 0 saturated carbocycles. The van der Waals surface area contributed by atoms with Crippen molar-refractivity contribution >= 4 is 19.3 Å². The summed E-state index contributed by atoms with van der Waals surface area (Å²) >= 11 is 0. The summed E-state index contributed by atoms with van der Waals surface area (Å²) in [7, 11) is 0.639. The molecule has 2 heterocycles. The lowest BCUT2D eigenvalue weighted by Crippen LogP contribution is -2.41. The maximum absolute atomic E-state index is 14.5. The fraction of sp³-hybridized carbons (Fsp3) is 0.765. The molecule has 0 aliphatic carbocycles. The molecule has 0 bridgehead atoms. The molecule has 2 rings (SSSR count). The zero-order chi connectivity index (χ0) is 19.0. The van der Waals surface area contributed by atoms with Crippen LogP contribution < -0.4 is 0 Å². The van der Waals surface area contributed by atoms with Gasteiger partial charge >= 0.3 is 13.1 Å². The van der Waals surface area contributed by atoms with Crippen molar-refractivity contribution in [2.75, 3.05) is 13.7 Å². The molecule has 2 aliphatic rings. The number of carbonyl (C=O) groups excluding carboxylic acids is 1. The Morgan fingerprint density at radius 3 is 2.36 bits per heavy atom. The minimum atomic E-state index is -1.45. The van der Waals surface area contributed by atoms with E-state index >= 15 is 0 Å². The van der Waals surface area contributed by atoms with Gasteiger partial charge in [0.05, 0.1) is 30.3 Å². The van der Waals surface area contributed by atoms with Gasteiger partial charge in [-0.2, -0.15) is 0 Å². The first-order chi connectivity index (χ1) is 11.4. The highest BCUT2D eigenvalue weighted by molar-refractivity contribution is 6.60. The first kappa shape index (κ1) is 20.1. The summed E-state index contributed by atoms with van der Waals surface area (Å²) in [6.45, 7) is 11.1. The molecule has 1 fully saturated rings. The van der Waals surface area contributed by atoms with Crippen LogP contribution in [0.3, 0.4) is 0 Å². The summed E-state index contributed by atoms with van der Waals surface area (Å²) in [6, 6.07) is 0. The smallest absolute Gasteiger partial charge is 0.469 e. The number of halogens is 1. The maximum Gasteiger partial charge on any atom is 0.496 e. The molecular weight excluding hydrogens is 328 g/mol. The Hall–Kier alpha value is -1.25. The second-order valence-electron chi connectivity index (χ2n) is 8.05. The molecule has 0 aromatic rings. The van der Waals surface area contributed by atoms with Crippen LogP contribution in [-0.2, 0) is 23.6 Å². The van der Waals surface area contributed by atoms with Crippen molar-refractivity contribution in [3.63, 3.8) is 0 Å². The van der Waals surface area contributed by atoms with E-state index in [-0.39, 0.29) is 6.61 Å². The zero-order valence-corrected chi connectivity index (χ0v) is 16.0. The molecule has 0 aromatic carbocycles. The van der Waals surface area contributed by atoms with Gasteiger partial charge in [-0.25, -0.2) is 4.39 Å². The Morgan fingerprint density at radius 2 is 1.88 bits per heavy atom. The van der Waals surface area contributed by atoms with Gasteiger partial charge < -0.3 is 18.8 Å². The SMILES string of the molecule is COC(=O)C(C)(C)COC1N=CC(B2OC(C)(C)C(C)(C)O2)=CC1F. The van der Waals surface area contributed by atoms with Gasteiger partial charge in [-0.3, -0.25) is 9.79 Å². The fourth-order valence-electron chi connectivity index (χ4n) is 2.43. The second kappa shape index (κ2) is 6.81. The molecule has 2 atom stereocenters. The topological polar surface area (TPSA) is 66.4 Å². The molecule has 0 aromatic heterocycles. The Morgan fingerprint density at radius 1 is 1.32 bits per heavy atom. The first-order valence-electron chi connectivity index (χ1n) is 8.34. The lowest BCUT2D eigenvalue weighted by atomic mass is 9.77. The molecule has 1 saturated heterocycles. The van der Waals surface area contributed by atoms with E-state index in [0.717, 1.165) is 0 Å². The summed E-state index contributed by atoms with van der Waals surface area (Å²) in [4.78, 5) is 15.8. The predicted octanol–water partition coefficient (Wildman–Crippen LogP) is 2.51. The fourth-order valence-corrected chi connectivity index (χ4v) is 2.43. The summed E-state index contributed by atoms with van der Waals surface area (Å²) in [5, 5.41) is 0. The van der Waals surface area contributed by atoms with Gasteiger partial charge in [-0.15, -0.1) is 0 Å². The molecule has 2 aliphatic heterocycles. The number of allylic oxidation sites excluding steroid dienone is 1. The van der Waals surface area contributed by atoms with E-state index in [1.165, 1.54) is 19.4 Å². The van der Waals surface area contributed by atoms with Crippen LogP contribution in [0, 0.1) is 5.41 Å². The number of methoxy groups -OCH3 is 1. The van der Waals surface area contributed by atoms with Gasteiger partial charge in [0, 0.05) is 6.21 Å². The summed E-state index contributed by atoms with van der Waals surface area (Å²) in [5.41, 5.74) is -1.36. The van der Waals surface area contributed by atoms with E-state index in [4.69, 9.17) is 18.8 Å². The van der Waals surface area contributed by atoms with Crippen LogP contribution >= 0.6 is 0 Å². The van der Waals surface area contributed by atoms with Crippen molar-refractivity contribution in [1.82, 2.24) is 0 Å². The maximum atomic E-state index is 14.5. The molecule has 0 amide bonds. The van der Waals surface area contributed by atoms with Crippen molar-refractivity contribution in [2.45, 2.75) is 65.1 Å². The number of rotatable bonds is 5. The van der Waals surface area contributed by atoms with E-state index in [1.807, 2.05) is 27.7 Å². The Bertz CT molecular complexity index is 572. The number of hydrogen-bond acceptors (Lipinski definition) is 6. The van der Waals surface area contributed by atoms with E-state index in [1.54, 1.807) is 13.8 Å². The lowest BCUT2D eigenvalue weighted by molar-refractivity contribution is -0.156. The van der Waals surface area contributed by atoms with Gasteiger partial charge in [0.15, 0.2) is 12.4 Å². The minimum absolute atomic E-state index is 0.00175. The van der Waals surface area contributed by atoms with Crippen molar-refractivity contribution in [2.24, 2.45) is 10.4 Å². The zero-order valence-electron chi connectivity index (χ0n) is 16.0. The van der Waals surface area contributed by atoms with Crippen LogP contribution in [0.1, 0.15) is 41.5 Å². The molecule has 0 radical (unpaired) electrons. The number of carbonyl (C=O) groups is 1. The molecule has 8 heteroatoms. The predicted molar refractivity (Wildman–Crippen MR) is 93.1 cm³/mol. The summed E-state index contributed by atoms with van der Waals surface area (Å²) in [6.07, 6.45) is 0.446. The molecule has 2 unspecified atom stereocenters. The van der Waals surface area contributed by atoms with Crippen molar-refractivity contribution in [3.8, 4) is 0 Å². The normalized spacial score (nSPS) is 28.0. The lowest BCUT2D eigenvalue weighted by Gasteiger charge is -2.32. The second-order valence-corrected chi connectivity index (χ2v) is 8.05. The number of dihydropyridines is 1. The van der Waals surface area contributed by atoms with Gasteiger partial charge in [-0.1, -0.05) is 0 Å². The van der Waals surface area contributed by atoms with Gasteiger partial charge in [0.25, 0.3) is 0 Å². The van der Waals surface area contributed by atoms with Crippen molar-refractivity contribution in [1.29, 1.82) is 0 Å². The third-order valence-corrected chi connectivity index (χ3v) is 4.87. The van der Waals surface area contributed by atoms with Gasteiger partial charge in [0.1, 0.15) is 0 Å². The van der Waals surface area contributed by atoms with Crippen LogP contribution in [-0.4, -0.2) is 56.6 Å². The molecule has 140 valence electrons. The van der Waals surface area contributed by atoms with E-state index < -0.39 is 42.1 Å². The van der Waals surface area contributed by atoms with Crippen molar-refractivity contribution in [3.05, 3.63) is 11.5 Å². The number of ether oxygens (including phenoxy) is 2. The van der Waals surface area contributed by atoms with Crippen LogP contribution in [0.25, 0.3) is 0 Å². The number of esters is 1. The Balaban J connectivity index is 1.99.